The van der Waals surface area contributed by atoms with Gasteiger partial charge in [0.1, 0.15) is 11.5 Å². The highest BCUT2D eigenvalue weighted by atomic mass is 16.5. The number of aromatic nitrogens is 4. The van der Waals surface area contributed by atoms with Gasteiger partial charge in [-0.2, -0.15) is 5.10 Å². The molecule has 0 saturated heterocycles. The molecule has 0 bridgehead atoms. The van der Waals surface area contributed by atoms with Crippen LogP contribution in [-0.2, 0) is 0 Å². The van der Waals surface area contributed by atoms with E-state index in [2.05, 4.69) is 25.5 Å². The van der Waals surface area contributed by atoms with Gasteiger partial charge in [0.05, 0.1) is 19.0 Å². The molecule has 27 heavy (non-hydrogen) atoms. The Bertz CT molecular complexity index is 1100. The van der Waals surface area contributed by atoms with E-state index in [9.17, 15) is 9.90 Å². The number of H-pyrrole nitrogens is 1. The molecular weight excluding hydrogens is 346 g/mol. The summed E-state index contributed by atoms with van der Waals surface area (Å²) in [7, 11) is 1.61. The van der Waals surface area contributed by atoms with Gasteiger partial charge in [0.25, 0.3) is 5.91 Å². The Morgan fingerprint density at radius 2 is 1.85 bits per heavy atom. The van der Waals surface area contributed by atoms with Gasteiger partial charge in [-0.15, -0.1) is 0 Å². The smallest absolute Gasteiger partial charge is 0.256 e. The second-order valence-electron chi connectivity index (χ2n) is 5.76. The van der Waals surface area contributed by atoms with Crippen molar-refractivity contribution in [3.05, 3.63) is 60.3 Å². The lowest BCUT2D eigenvalue weighted by Crippen LogP contribution is -2.12. The summed E-state index contributed by atoms with van der Waals surface area (Å²) in [4.78, 5) is 21.3. The predicted octanol–water partition coefficient (Wildman–Crippen LogP) is 2.99. The molecule has 0 unspecified atom stereocenters. The van der Waals surface area contributed by atoms with Crippen LogP contribution in [0, 0.1) is 0 Å². The number of nitrogens with zero attached hydrogens (tertiary/aromatic N) is 3. The molecule has 8 heteroatoms. The van der Waals surface area contributed by atoms with Crippen LogP contribution in [-0.4, -0.2) is 38.3 Å². The van der Waals surface area contributed by atoms with Crippen LogP contribution in [0.5, 0.6) is 11.5 Å². The van der Waals surface area contributed by atoms with Gasteiger partial charge < -0.3 is 15.2 Å². The fourth-order valence-electron chi connectivity index (χ4n) is 2.58. The first-order chi connectivity index (χ1) is 13.1. The van der Waals surface area contributed by atoms with E-state index in [4.69, 9.17) is 4.74 Å². The molecule has 0 radical (unpaired) electrons. The molecule has 3 N–H and O–H groups in total. The largest absolute Gasteiger partial charge is 0.508 e. The number of rotatable bonds is 4. The van der Waals surface area contributed by atoms with Crippen molar-refractivity contribution < 1.29 is 14.6 Å². The highest BCUT2D eigenvalue weighted by Crippen LogP contribution is 2.24. The average Bonchev–Trinajstić information content (AvgIpc) is 3.10. The van der Waals surface area contributed by atoms with E-state index in [0.29, 0.717) is 28.2 Å². The Morgan fingerprint density at radius 1 is 1.11 bits per heavy atom. The number of amides is 1. The number of methoxy groups -OCH3 is 1. The lowest BCUT2D eigenvalue weighted by Gasteiger charge is -2.05. The first kappa shape index (κ1) is 16.5. The maximum atomic E-state index is 12.4. The number of aromatic hydroxyl groups is 1. The number of phenolic OH excluding ortho intramolecular Hbond substituents is 1. The zero-order valence-electron chi connectivity index (χ0n) is 14.3. The number of phenols is 1. The summed E-state index contributed by atoms with van der Waals surface area (Å²) >= 11 is 0. The van der Waals surface area contributed by atoms with Crippen molar-refractivity contribution >= 4 is 22.9 Å². The Morgan fingerprint density at radius 3 is 2.56 bits per heavy atom. The van der Waals surface area contributed by atoms with E-state index >= 15 is 0 Å². The fourth-order valence-corrected chi connectivity index (χ4v) is 2.58. The van der Waals surface area contributed by atoms with Gasteiger partial charge in [-0.3, -0.25) is 9.89 Å². The van der Waals surface area contributed by atoms with Crippen LogP contribution in [0.4, 0.5) is 5.82 Å². The van der Waals surface area contributed by atoms with Crippen LogP contribution in [0.3, 0.4) is 0 Å². The van der Waals surface area contributed by atoms with E-state index in [-0.39, 0.29) is 11.7 Å². The first-order valence-electron chi connectivity index (χ1n) is 8.10. The number of anilines is 1. The number of benzene rings is 2. The molecule has 0 atom stereocenters. The number of ether oxygens (including phenoxy) is 1. The molecule has 0 aliphatic carbocycles. The third-order valence-corrected chi connectivity index (χ3v) is 4.02. The molecule has 4 rings (SSSR count). The minimum atomic E-state index is -0.350. The lowest BCUT2D eigenvalue weighted by molar-refractivity contribution is 0.102. The van der Waals surface area contributed by atoms with Crippen LogP contribution >= 0.6 is 0 Å². The van der Waals surface area contributed by atoms with E-state index in [1.807, 2.05) is 24.3 Å². The van der Waals surface area contributed by atoms with Gasteiger partial charge in [0, 0.05) is 11.1 Å². The molecule has 8 nitrogen and oxygen atoms in total. The van der Waals surface area contributed by atoms with Crippen LogP contribution < -0.4 is 10.1 Å². The Balaban J connectivity index is 1.65. The molecule has 0 aliphatic rings. The number of carbonyl (C=O) groups is 1. The van der Waals surface area contributed by atoms with Crippen molar-refractivity contribution in [2.24, 2.45) is 0 Å². The topological polar surface area (TPSA) is 113 Å². The van der Waals surface area contributed by atoms with Crippen molar-refractivity contribution in [1.29, 1.82) is 0 Å². The predicted molar refractivity (Wildman–Crippen MR) is 99.7 cm³/mol. The van der Waals surface area contributed by atoms with Gasteiger partial charge in [-0.1, -0.05) is 0 Å². The fraction of sp³-hybridized carbons (Fsp3) is 0.0526. The zero-order chi connectivity index (χ0) is 18.8. The molecule has 2 aromatic heterocycles. The van der Waals surface area contributed by atoms with Crippen molar-refractivity contribution in [3.63, 3.8) is 0 Å². The van der Waals surface area contributed by atoms with Crippen LogP contribution in [0.2, 0.25) is 0 Å². The van der Waals surface area contributed by atoms with Crippen molar-refractivity contribution in [2.45, 2.75) is 0 Å². The minimum absolute atomic E-state index is 0.0912. The molecule has 2 heterocycles. The van der Waals surface area contributed by atoms with Crippen LogP contribution in [0.15, 0.2) is 54.7 Å². The van der Waals surface area contributed by atoms with E-state index < -0.39 is 0 Å². The monoisotopic (exact) mass is 361 g/mol. The van der Waals surface area contributed by atoms with Gasteiger partial charge >= 0.3 is 0 Å². The van der Waals surface area contributed by atoms with Crippen LogP contribution in [0.25, 0.3) is 22.4 Å². The Kier molecular flexibility index (Phi) is 4.13. The van der Waals surface area contributed by atoms with Gasteiger partial charge in [-0.25, -0.2) is 9.97 Å². The summed E-state index contributed by atoms with van der Waals surface area (Å²) < 4.78 is 5.16. The second-order valence-corrected chi connectivity index (χ2v) is 5.76. The van der Waals surface area contributed by atoms with Gasteiger partial charge in [-0.05, 0) is 48.5 Å². The Labute approximate surface area is 153 Å². The summed E-state index contributed by atoms with van der Waals surface area (Å²) in [5, 5.41) is 18.9. The average molecular weight is 361 g/mol. The number of fused-ring (bicyclic) bond motifs is 1. The lowest BCUT2D eigenvalue weighted by atomic mass is 10.1. The van der Waals surface area contributed by atoms with E-state index in [1.165, 1.54) is 24.3 Å². The normalized spacial score (nSPS) is 10.7. The summed E-state index contributed by atoms with van der Waals surface area (Å²) in [6.07, 6.45) is 1.62. The SMILES string of the molecule is COc1ccc(-c2cnc3n[nH]c(NC(=O)c4ccc(O)cc4)c3n2)cc1. The molecule has 0 aliphatic heterocycles. The number of carbonyl (C=O) groups excluding carboxylic acids is 1. The van der Waals surface area contributed by atoms with E-state index in [0.717, 1.165) is 11.3 Å². The molecule has 0 saturated carbocycles. The maximum Gasteiger partial charge on any atom is 0.256 e. The second kappa shape index (κ2) is 6.75. The van der Waals surface area contributed by atoms with Crippen LogP contribution in [0.1, 0.15) is 10.4 Å². The molecule has 1 amide bonds. The van der Waals surface area contributed by atoms with Crippen molar-refractivity contribution in [1.82, 2.24) is 20.2 Å². The summed E-state index contributed by atoms with van der Waals surface area (Å²) in [6.45, 7) is 0. The first-order valence-corrected chi connectivity index (χ1v) is 8.10. The van der Waals surface area contributed by atoms with Crippen molar-refractivity contribution in [2.75, 3.05) is 12.4 Å². The van der Waals surface area contributed by atoms with E-state index in [1.54, 1.807) is 13.3 Å². The maximum absolute atomic E-state index is 12.4. The van der Waals surface area contributed by atoms with Gasteiger partial charge in [0.15, 0.2) is 11.3 Å². The Hall–Kier alpha value is -3.94. The molecule has 134 valence electrons. The number of nitrogens with one attached hydrogen (secondary N) is 2. The number of hydrogen-bond donors (Lipinski definition) is 3. The molecule has 0 fully saturated rings. The molecule has 2 aromatic carbocycles. The number of aromatic amines is 1. The molecule has 4 aromatic rings. The quantitative estimate of drug-likeness (QED) is 0.515. The summed E-state index contributed by atoms with van der Waals surface area (Å²) in [5.41, 5.74) is 2.76. The standard InChI is InChI=1S/C19H15N5O3/c1-27-14-8-4-11(5-9-14)15-10-20-17-16(21-15)18(24-23-17)22-19(26)12-2-6-13(25)7-3-12/h2-10,25H,1H3,(H2,20,22,23,24,26). The minimum Gasteiger partial charge on any atom is -0.508 e. The molecule has 0 spiro atoms. The third kappa shape index (κ3) is 3.28. The number of hydrogen-bond acceptors (Lipinski definition) is 6. The van der Waals surface area contributed by atoms with Gasteiger partial charge in [0.2, 0.25) is 5.65 Å². The summed E-state index contributed by atoms with van der Waals surface area (Å²) in [6, 6.07) is 13.4. The molecular formula is C19H15N5O3. The van der Waals surface area contributed by atoms with Crippen molar-refractivity contribution in [3.8, 4) is 22.8 Å². The highest BCUT2D eigenvalue weighted by Gasteiger charge is 2.14. The summed E-state index contributed by atoms with van der Waals surface area (Å²) in [5.74, 6) is 0.842. The third-order valence-electron chi connectivity index (χ3n) is 4.02. The zero-order valence-corrected chi connectivity index (χ0v) is 14.3. The highest BCUT2D eigenvalue weighted by molar-refractivity contribution is 6.06.